The summed E-state index contributed by atoms with van der Waals surface area (Å²) in [5.41, 5.74) is 0.212. The van der Waals surface area contributed by atoms with Gasteiger partial charge in [-0.1, -0.05) is 71.1 Å². The van der Waals surface area contributed by atoms with Gasteiger partial charge in [0.2, 0.25) is 5.95 Å². The lowest BCUT2D eigenvalue weighted by atomic mass is 9.68. The maximum Gasteiger partial charge on any atom is 0.251 e. The molecule has 1 aromatic rings. The number of hydrogen-bond donors (Lipinski definition) is 0. The highest BCUT2D eigenvalue weighted by Crippen LogP contribution is 2.43. The van der Waals surface area contributed by atoms with Gasteiger partial charge in [-0.05, 0) is 68.3 Å². The molecule has 2 aliphatic carbocycles. The molecule has 0 amide bonds. The van der Waals surface area contributed by atoms with E-state index in [0.717, 1.165) is 30.2 Å². The quantitative estimate of drug-likeness (QED) is 0.272. The van der Waals surface area contributed by atoms with Crippen LogP contribution in [0.15, 0.2) is 6.07 Å². The first kappa shape index (κ1) is 23.6. The van der Waals surface area contributed by atoms with E-state index in [1.54, 1.807) is 0 Å². The summed E-state index contributed by atoms with van der Waals surface area (Å²) in [6.07, 6.45) is 20.4. The summed E-state index contributed by atoms with van der Waals surface area (Å²) in [7, 11) is 0. The van der Waals surface area contributed by atoms with Gasteiger partial charge in [0.05, 0.1) is 0 Å². The summed E-state index contributed by atoms with van der Waals surface area (Å²) in [4.78, 5) is 3.04. The first-order valence-corrected chi connectivity index (χ1v) is 12.6. The van der Waals surface area contributed by atoms with Crippen LogP contribution in [0.3, 0.4) is 0 Å². The Labute approximate surface area is 181 Å². The molecule has 0 aliphatic heterocycles. The van der Waals surface area contributed by atoms with Crippen molar-refractivity contribution in [1.82, 2.24) is 4.98 Å². The van der Waals surface area contributed by atoms with E-state index in [0.29, 0.717) is 12.3 Å². The van der Waals surface area contributed by atoms with Crippen molar-refractivity contribution >= 4 is 0 Å². The molecule has 0 unspecified atom stereocenters. The zero-order valence-corrected chi connectivity index (χ0v) is 18.8. The summed E-state index contributed by atoms with van der Waals surface area (Å²) in [6, 6.07) is 0.978. The third-order valence-electron chi connectivity index (χ3n) is 7.95. The summed E-state index contributed by atoms with van der Waals surface area (Å²) in [5, 5.41) is 0. The molecule has 1 nitrogen and oxygen atoms in total. The number of aromatic nitrogens is 1. The zero-order chi connectivity index (χ0) is 21.3. The number of unbranched alkanes of at least 4 members (excludes halogenated alkanes) is 4. The molecule has 3 rings (SSSR count). The summed E-state index contributed by atoms with van der Waals surface area (Å²) in [5.74, 6) is 0.0787. The van der Waals surface area contributed by atoms with Crippen LogP contribution >= 0.6 is 0 Å². The molecule has 4 heteroatoms. The van der Waals surface area contributed by atoms with Gasteiger partial charge in [-0.15, -0.1) is 0 Å². The van der Waals surface area contributed by atoms with Crippen LogP contribution in [0.2, 0.25) is 0 Å². The van der Waals surface area contributed by atoms with Crippen LogP contribution in [0.5, 0.6) is 0 Å². The van der Waals surface area contributed by atoms with Crippen molar-refractivity contribution in [2.45, 2.75) is 110 Å². The summed E-state index contributed by atoms with van der Waals surface area (Å²) < 4.78 is 40.0. The largest absolute Gasteiger partial charge is 0.251 e. The highest BCUT2D eigenvalue weighted by atomic mass is 19.2. The lowest BCUT2D eigenvalue weighted by Crippen LogP contribution is -2.26. The molecule has 30 heavy (non-hydrogen) atoms. The average Bonchev–Trinajstić information content (AvgIpc) is 2.76. The molecule has 2 saturated carbocycles. The Morgan fingerprint density at radius 2 is 1.30 bits per heavy atom. The molecule has 0 bridgehead atoms. The molecule has 1 aromatic heterocycles. The van der Waals surface area contributed by atoms with E-state index in [2.05, 4.69) is 11.9 Å². The Bertz CT molecular complexity index is 631. The maximum absolute atomic E-state index is 13.7. The fourth-order valence-corrected chi connectivity index (χ4v) is 5.95. The highest BCUT2D eigenvalue weighted by Gasteiger charge is 2.30. The van der Waals surface area contributed by atoms with Crippen LogP contribution in [-0.2, 0) is 6.42 Å². The second-order valence-electron chi connectivity index (χ2n) is 10.0. The molecule has 2 fully saturated rings. The first-order valence-electron chi connectivity index (χ1n) is 12.6. The lowest BCUT2D eigenvalue weighted by molar-refractivity contribution is 0.140. The van der Waals surface area contributed by atoms with Crippen LogP contribution in [-0.4, -0.2) is 4.98 Å². The monoisotopic (exact) mass is 423 g/mol. The van der Waals surface area contributed by atoms with E-state index in [9.17, 15) is 13.2 Å². The number of rotatable bonds is 10. The first-order chi connectivity index (χ1) is 14.6. The third kappa shape index (κ3) is 6.99. The number of nitrogens with zero attached hydrogens (tertiary/aromatic N) is 1. The smallest absolute Gasteiger partial charge is 0.202 e. The molecule has 0 spiro atoms. The highest BCUT2D eigenvalue weighted by molar-refractivity contribution is 5.13. The normalized spacial score (nSPS) is 27.3. The van der Waals surface area contributed by atoms with E-state index in [1.807, 2.05) is 0 Å². The fourth-order valence-electron chi connectivity index (χ4n) is 5.95. The van der Waals surface area contributed by atoms with Gasteiger partial charge in [0, 0.05) is 5.56 Å². The standard InChI is InChI=1S/C26H40F3N/c1-2-3-4-5-6-7-19-8-13-21(14-9-19)22-15-10-20(11-16-22)12-17-23-18-24(27)26(29)30-25(23)28/h18-22H,2-17H2,1H3. The van der Waals surface area contributed by atoms with Crippen molar-refractivity contribution in [2.75, 3.05) is 0 Å². The predicted molar refractivity (Wildman–Crippen MR) is 117 cm³/mol. The van der Waals surface area contributed by atoms with E-state index < -0.39 is 17.7 Å². The number of aryl methyl sites for hydroxylation is 1. The van der Waals surface area contributed by atoms with Crippen LogP contribution < -0.4 is 0 Å². The van der Waals surface area contributed by atoms with Crippen molar-refractivity contribution in [3.05, 3.63) is 29.3 Å². The Kier molecular flexibility index (Phi) is 9.52. The van der Waals surface area contributed by atoms with Gasteiger partial charge < -0.3 is 0 Å². The lowest BCUT2D eigenvalue weighted by Gasteiger charge is -2.38. The van der Waals surface area contributed by atoms with Crippen LogP contribution in [0.1, 0.15) is 109 Å². The van der Waals surface area contributed by atoms with Crippen LogP contribution in [0.25, 0.3) is 0 Å². The predicted octanol–water partition coefficient (Wildman–Crippen LogP) is 8.40. The molecule has 0 atom stereocenters. The van der Waals surface area contributed by atoms with Gasteiger partial charge in [0.1, 0.15) is 0 Å². The second-order valence-corrected chi connectivity index (χ2v) is 10.0. The van der Waals surface area contributed by atoms with Gasteiger partial charge in [0.25, 0.3) is 5.95 Å². The van der Waals surface area contributed by atoms with Gasteiger partial charge in [-0.25, -0.2) is 4.39 Å². The molecule has 0 aromatic carbocycles. The molecule has 170 valence electrons. The van der Waals surface area contributed by atoms with Crippen molar-refractivity contribution < 1.29 is 13.2 Å². The Morgan fingerprint density at radius 1 is 0.733 bits per heavy atom. The molecule has 0 N–H and O–H groups in total. The summed E-state index contributed by atoms with van der Waals surface area (Å²) >= 11 is 0. The maximum atomic E-state index is 13.7. The molecule has 0 radical (unpaired) electrons. The fraction of sp³-hybridized carbons (Fsp3) is 0.808. The minimum absolute atomic E-state index is 0.212. The van der Waals surface area contributed by atoms with E-state index in [-0.39, 0.29) is 5.56 Å². The molecular weight excluding hydrogens is 383 g/mol. The van der Waals surface area contributed by atoms with E-state index in [1.165, 1.54) is 89.9 Å². The zero-order valence-electron chi connectivity index (χ0n) is 18.8. The van der Waals surface area contributed by atoms with Crippen LogP contribution in [0.4, 0.5) is 13.2 Å². The molecule has 0 saturated heterocycles. The number of hydrogen-bond acceptors (Lipinski definition) is 1. The van der Waals surface area contributed by atoms with Crippen molar-refractivity contribution in [3.8, 4) is 0 Å². The number of pyridine rings is 1. The van der Waals surface area contributed by atoms with Gasteiger partial charge in [-0.2, -0.15) is 13.8 Å². The van der Waals surface area contributed by atoms with E-state index in [4.69, 9.17) is 0 Å². The van der Waals surface area contributed by atoms with Crippen LogP contribution in [0, 0.1) is 41.4 Å². The Hall–Kier alpha value is -1.06. The SMILES string of the molecule is CCCCCCCC1CCC(C2CCC(CCc3cc(F)c(F)nc3F)CC2)CC1. The molecular formula is C26H40F3N. The van der Waals surface area contributed by atoms with Crippen molar-refractivity contribution in [2.24, 2.45) is 23.7 Å². The van der Waals surface area contributed by atoms with Gasteiger partial charge in [-0.3, -0.25) is 0 Å². The second kappa shape index (κ2) is 12.1. The summed E-state index contributed by atoms with van der Waals surface area (Å²) in [6.45, 7) is 2.28. The van der Waals surface area contributed by atoms with Gasteiger partial charge in [0.15, 0.2) is 5.82 Å². The topological polar surface area (TPSA) is 12.9 Å². The third-order valence-corrected chi connectivity index (χ3v) is 7.95. The average molecular weight is 424 g/mol. The van der Waals surface area contributed by atoms with E-state index >= 15 is 0 Å². The Balaban J connectivity index is 1.32. The minimum Gasteiger partial charge on any atom is -0.202 e. The van der Waals surface area contributed by atoms with Crippen molar-refractivity contribution in [1.29, 1.82) is 0 Å². The Morgan fingerprint density at radius 3 is 1.90 bits per heavy atom. The number of halogens is 3. The molecule has 2 aliphatic rings. The van der Waals surface area contributed by atoms with Crippen molar-refractivity contribution in [3.63, 3.8) is 0 Å². The van der Waals surface area contributed by atoms with Gasteiger partial charge >= 0.3 is 0 Å². The minimum atomic E-state index is -1.34. The molecule has 1 heterocycles.